The maximum absolute atomic E-state index is 11.0. The standard InChI is InChI=1S/C11H21NO/c1-12-11(13)9-8-10-6-4-2-3-5-7-10/h10H,2-9H2,1H3,(H,12,13). The minimum atomic E-state index is 0.198. The van der Waals surface area contributed by atoms with Gasteiger partial charge in [0.1, 0.15) is 0 Å². The summed E-state index contributed by atoms with van der Waals surface area (Å²) in [7, 11) is 1.72. The molecule has 0 heterocycles. The molecule has 0 aromatic heterocycles. The number of amides is 1. The zero-order chi connectivity index (χ0) is 9.52. The van der Waals surface area contributed by atoms with Crippen LogP contribution >= 0.6 is 0 Å². The van der Waals surface area contributed by atoms with E-state index in [1.807, 2.05) is 0 Å². The van der Waals surface area contributed by atoms with Crippen LogP contribution in [0.15, 0.2) is 0 Å². The third-order valence-electron chi connectivity index (χ3n) is 3.03. The van der Waals surface area contributed by atoms with Crippen molar-refractivity contribution in [3.05, 3.63) is 0 Å². The van der Waals surface area contributed by atoms with Gasteiger partial charge in [0.25, 0.3) is 0 Å². The topological polar surface area (TPSA) is 29.1 Å². The molecule has 1 aliphatic carbocycles. The first kappa shape index (κ1) is 10.6. The smallest absolute Gasteiger partial charge is 0.219 e. The van der Waals surface area contributed by atoms with E-state index in [4.69, 9.17) is 0 Å². The van der Waals surface area contributed by atoms with Crippen molar-refractivity contribution in [3.63, 3.8) is 0 Å². The highest BCUT2D eigenvalue weighted by Gasteiger charge is 2.12. The Labute approximate surface area is 81.1 Å². The number of carbonyl (C=O) groups excluding carboxylic acids is 1. The fraction of sp³-hybridized carbons (Fsp3) is 0.909. The molecule has 0 aromatic rings. The molecule has 0 aliphatic heterocycles. The zero-order valence-corrected chi connectivity index (χ0v) is 8.64. The SMILES string of the molecule is CNC(=O)CCC1CCCCCC1. The Morgan fingerprint density at radius 1 is 1.23 bits per heavy atom. The van der Waals surface area contributed by atoms with Crippen molar-refractivity contribution in [2.24, 2.45) is 5.92 Å². The van der Waals surface area contributed by atoms with Gasteiger partial charge in [0.05, 0.1) is 0 Å². The molecule has 0 radical (unpaired) electrons. The van der Waals surface area contributed by atoms with Crippen molar-refractivity contribution >= 4 is 5.91 Å². The van der Waals surface area contributed by atoms with Crippen LogP contribution in [0.2, 0.25) is 0 Å². The molecule has 0 aromatic carbocycles. The highest BCUT2D eigenvalue weighted by atomic mass is 16.1. The molecule has 0 bridgehead atoms. The molecule has 1 saturated carbocycles. The summed E-state index contributed by atoms with van der Waals surface area (Å²) in [5, 5.41) is 2.68. The number of nitrogens with one attached hydrogen (secondary N) is 1. The van der Waals surface area contributed by atoms with Crippen LogP contribution in [0.5, 0.6) is 0 Å². The third kappa shape index (κ3) is 4.30. The van der Waals surface area contributed by atoms with Gasteiger partial charge in [-0.15, -0.1) is 0 Å². The summed E-state index contributed by atoms with van der Waals surface area (Å²) in [6.45, 7) is 0. The van der Waals surface area contributed by atoms with Gasteiger partial charge in [-0.25, -0.2) is 0 Å². The van der Waals surface area contributed by atoms with Gasteiger partial charge in [0.2, 0.25) is 5.91 Å². The van der Waals surface area contributed by atoms with E-state index in [9.17, 15) is 4.79 Å². The summed E-state index contributed by atoms with van der Waals surface area (Å²) in [5.74, 6) is 1.02. The van der Waals surface area contributed by atoms with Crippen molar-refractivity contribution in [1.82, 2.24) is 5.32 Å². The predicted molar refractivity (Wildman–Crippen MR) is 54.5 cm³/mol. The number of rotatable bonds is 3. The molecular formula is C11H21NO. The van der Waals surface area contributed by atoms with Crippen LogP contribution in [0.1, 0.15) is 51.4 Å². The summed E-state index contributed by atoms with van der Waals surface area (Å²) >= 11 is 0. The maximum Gasteiger partial charge on any atom is 0.219 e. The second-order valence-electron chi connectivity index (χ2n) is 4.07. The lowest BCUT2D eigenvalue weighted by Gasteiger charge is -2.12. The molecule has 0 atom stereocenters. The van der Waals surface area contributed by atoms with Gasteiger partial charge in [-0.2, -0.15) is 0 Å². The van der Waals surface area contributed by atoms with E-state index in [1.54, 1.807) is 7.05 Å². The predicted octanol–water partition coefficient (Wildman–Crippen LogP) is 2.48. The Balaban J connectivity index is 2.15. The number of carbonyl (C=O) groups is 1. The van der Waals surface area contributed by atoms with Crippen molar-refractivity contribution in [3.8, 4) is 0 Å². The molecule has 1 aliphatic rings. The molecule has 76 valence electrons. The third-order valence-corrected chi connectivity index (χ3v) is 3.03. The largest absolute Gasteiger partial charge is 0.359 e. The van der Waals surface area contributed by atoms with E-state index in [2.05, 4.69) is 5.32 Å². The fourth-order valence-electron chi connectivity index (χ4n) is 2.11. The molecule has 13 heavy (non-hydrogen) atoms. The van der Waals surface area contributed by atoms with E-state index < -0.39 is 0 Å². The number of hydrogen-bond acceptors (Lipinski definition) is 1. The van der Waals surface area contributed by atoms with Crippen LogP contribution in [0, 0.1) is 5.92 Å². The van der Waals surface area contributed by atoms with Crippen LogP contribution in [-0.2, 0) is 4.79 Å². The van der Waals surface area contributed by atoms with Crippen LogP contribution in [0.25, 0.3) is 0 Å². The van der Waals surface area contributed by atoms with Crippen LogP contribution in [0.4, 0.5) is 0 Å². The Bertz CT molecular complexity index is 148. The van der Waals surface area contributed by atoms with Crippen LogP contribution in [-0.4, -0.2) is 13.0 Å². The quantitative estimate of drug-likeness (QED) is 0.669. The second-order valence-corrected chi connectivity index (χ2v) is 4.07. The van der Waals surface area contributed by atoms with E-state index >= 15 is 0 Å². The Morgan fingerprint density at radius 2 is 1.85 bits per heavy atom. The molecule has 0 unspecified atom stereocenters. The van der Waals surface area contributed by atoms with E-state index in [0.29, 0.717) is 0 Å². The summed E-state index contributed by atoms with van der Waals surface area (Å²) in [6, 6.07) is 0. The fourth-order valence-corrected chi connectivity index (χ4v) is 2.11. The van der Waals surface area contributed by atoms with Crippen LogP contribution < -0.4 is 5.32 Å². The minimum Gasteiger partial charge on any atom is -0.359 e. The first-order valence-corrected chi connectivity index (χ1v) is 5.53. The first-order valence-electron chi connectivity index (χ1n) is 5.53. The maximum atomic E-state index is 11.0. The average Bonchev–Trinajstić information content (AvgIpc) is 2.42. The van der Waals surface area contributed by atoms with Crippen molar-refractivity contribution in [1.29, 1.82) is 0 Å². The molecule has 1 rings (SSSR count). The Hall–Kier alpha value is -0.530. The average molecular weight is 183 g/mol. The molecule has 2 nitrogen and oxygen atoms in total. The molecule has 1 N–H and O–H groups in total. The molecule has 1 amide bonds. The summed E-state index contributed by atoms with van der Waals surface area (Å²) < 4.78 is 0. The van der Waals surface area contributed by atoms with E-state index in [1.165, 1.54) is 38.5 Å². The second kappa shape index (κ2) is 6.01. The van der Waals surface area contributed by atoms with Gasteiger partial charge in [-0.1, -0.05) is 38.5 Å². The van der Waals surface area contributed by atoms with Gasteiger partial charge < -0.3 is 5.32 Å². The lowest BCUT2D eigenvalue weighted by Crippen LogP contribution is -2.18. The summed E-state index contributed by atoms with van der Waals surface area (Å²) in [6.07, 6.45) is 10.1. The molecule has 0 saturated heterocycles. The van der Waals surface area contributed by atoms with Gasteiger partial charge in [-0.3, -0.25) is 4.79 Å². The van der Waals surface area contributed by atoms with Crippen molar-refractivity contribution in [2.75, 3.05) is 7.05 Å². The normalized spacial score (nSPS) is 19.5. The summed E-state index contributed by atoms with van der Waals surface area (Å²) in [5.41, 5.74) is 0. The lowest BCUT2D eigenvalue weighted by atomic mass is 9.95. The Morgan fingerprint density at radius 3 is 2.38 bits per heavy atom. The first-order chi connectivity index (χ1) is 6.33. The molecule has 2 heteroatoms. The van der Waals surface area contributed by atoms with Crippen molar-refractivity contribution in [2.45, 2.75) is 51.4 Å². The van der Waals surface area contributed by atoms with Gasteiger partial charge in [0.15, 0.2) is 0 Å². The van der Waals surface area contributed by atoms with E-state index in [0.717, 1.165) is 18.8 Å². The molecule has 0 spiro atoms. The highest BCUT2D eigenvalue weighted by Crippen LogP contribution is 2.26. The Kier molecular flexibility index (Phi) is 4.87. The molecular weight excluding hydrogens is 162 g/mol. The molecule has 1 fully saturated rings. The highest BCUT2D eigenvalue weighted by molar-refractivity contribution is 5.75. The number of hydrogen-bond donors (Lipinski definition) is 1. The monoisotopic (exact) mass is 183 g/mol. The van der Waals surface area contributed by atoms with Gasteiger partial charge >= 0.3 is 0 Å². The van der Waals surface area contributed by atoms with Crippen molar-refractivity contribution < 1.29 is 4.79 Å². The van der Waals surface area contributed by atoms with Gasteiger partial charge in [0, 0.05) is 13.5 Å². The minimum absolute atomic E-state index is 0.198. The summed E-state index contributed by atoms with van der Waals surface area (Å²) in [4.78, 5) is 11.0. The lowest BCUT2D eigenvalue weighted by molar-refractivity contribution is -0.120. The van der Waals surface area contributed by atoms with Gasteiger partial charge in [-0.05, 0) is 12.3 Å². The zero-order valence-electron chi connectivity index (χ0n) is 8.64. The van der Waals surface area contributed by atoms with Crippen LogP contribution in [0.3, 0.4) is 0 Å². The van der Waals surface area contributed by atoms with E-state index in [-0.39, 0.29) is 5.91 Å².